The largest absolute Gasteiger partial charge is 0.312 e. The van der Waals surface area contributed by atoms with Crippen LogP contribution in [0.3, 0.4) is 0 Å². The van der Waals surface area contributed by atoms with Crippen molar-refractivity contribution in [2.24, 2.45) is 7.05 Å². The van der Waals surface area contributed by atoms with Gasteiger partial charge in [0.15, 0.2) is 0 Å². The molecule has 1 aromatic heterocycles. The van der Waals surface area contributed by atoms with Crippen molar-refractivity contribution in [1.82, 2.24) is 20.0 Å². The van der Waals surface area contributed by atoms with E-state index in [2.05, 4.69) is 42.5 Å². The molecule has 0 aliphatic heterocycles. The monoisotopic (exact) mass is 292 g/mol. The number of nitrogens with zero attached hydrogens (tertiary/aromatic N) is 3. The molecule has 1 fully saturated rings. The minimum absolute atomic E-state index is 0.280. The third-order valence-electron chi connectivity index (χ3n) is 5.16. The molecule has 0 spiro atoms. The Labute approximate surface area is 129 Å². The molecule has 4 heteroatoms. The van der Waals surface area contributed by atoms with Crippen molar-refractivity contribution in [3.63, 3.8) is 0 Å². The molecule has 1 unspecified atom stereocenters. The Kier molecular flexibility index (Phi) is 5.82. The van der Waals surface area contributed by atoms with E-state index in [1.165, 1.54) is 44.1 Å². The first-order valence-electron chi connectivity index (χ1n) is 8.47. The van der Waals surface area contributed by atoms with Crippen LogP contribution in [0.15, 0.2) is 12.4 Å². The fourth-order valence-electron chi connectivity index (χ4n) is 3.96. The SMILES string of the molecule is CCNC(Cc1cnn(C)c1)C1(N(C)C)CCCCCC1. The minimum Gasteiger partial charge on any atom is -0.312 e. The summed E-state index contributed by atoms with van der Waals surface area (Å²) in [5, 5.41) is 8.12. The van der Waals surface area contributed by atoms with Gasteiger partial charge in [0.05, 0.1) is 6.20 Å². The van der Waals surface area contributed by atoms with Crippen LogP contribution in [-0.2, 0) is 13.5 Å². The number of aromatic nitrogens is 2. The molecule has 0 bridgehead atoms. The average molecular weight is 292 g/mol. The number of rotatable bonds is 6. The van der Waals surface area contributed by atoms with Gasteiger partial charge in [-0.05, 0) is 45.5 Å². The first-order chi connectivity index (χ1) is 10.1. The molecule has 0 amide bonds. The first-order valence-corrected chi connectivity index (χ1v) is 8.47. The molecule has 0 saturated heterocycles. The average Bonchev–Trinajstić information content (AvgIpc) is 2.72. The van der Waals surface area contributed by atoms with Gasteiger partial charge in [0.25, 0.3) is 0 Å². The number of hydrogen-bond donors (Lipinski definition) is 1. The second kappa shape index (κ2) is 7.41. The summed E-state index contributed by atoms with van der Waals surface area (Å²) in [6.45, 7) is 3.25. The minimum atomic E-state index is 0.280. The summed E-state index contributed by atoms with van der Waals surface area (Å²) >= 11 is 0. The Morgan fingerprint density at radius 3 is 2.43 bits per heavy atom. The van der Waals surface area contributed by atoms with Gasteiger partial charge in [-0.3, -0.25) is 4.68 Å². The van der Waals surface area contributed by atoms with E-state index < -0.39 is 0 Å². The van der Waals surface area contributed by atoms with E-state index in [0.29, 0.717) is 6.04 Å². The van der Waals surface area contributed by atoms with E-state index in [0.717, 1.165) is 13.0 Å². The van der Waals surface area contributed by atoms with Crippen LogP contribution >= 0.6 is 0 Å². The van der Waals surface area contributed by atoms with Gasteiger partial charge in [0.2, 0.25) is 0 Å². The highest BCUT2D eigenvalue weighted by Gasteiger charge is 2.40. The van der Waals surface area contributed by atoms with Crippen LogP contribution in [0.25, 0.3) is 0 Å². The molecular formula is C17H32N4. The maximum atomic E-state index is 4.34. The van der Waals surface area contributed by atoms with Crippen LogP contribution in [0.4, 0.5) is 0 Å². The quantitative estimate of drug-likeness (QED) is 0.818. The molecule has 1 aromatic rings. The van der Waals surface area contributed by atoms with Gasteiger partial charge in [0.1, 0.15) is 0 Å². The van der Waals surface area contributed by atoms with Gasteiger partial charge in [-0.1, -0.05) is 32.6 Å². The van der Waals surface area contributed by atoms with E-state index in [1.807, 2.05) is 17.9 Å². The van der Waals surface area contributed by atoms with Gasteiger partial charge in [-0.25, -0.2) is 0 Å². The lowest BCUT2D eigenvalue weighted by molar-refractivity contribution is 0.0808. The van der Waals surface area contributed by atoms with Crippen LogP contribution in [-0.4, -0.2) is 46.9 Å². The molecule has 1 heterocycles. The smallest absolute Gasteiger partial charge is 0.0522 e. The fraction of sp³-hybridized carbons (Fsp3) is 0.824. The summed E-state index contributed by atoms with van der Waals surface area (Å²) < 4.78 is 1.91. The van der Waals surface area contributed by atoms with Crippen LogP contribution in [0, 0.1) is 0 Å². The second-order valence-corrected chi connectivity index (χ2v) is 6.75. The predicted molar refractivity (Wildman–Crippen MR) is 88.5 cm³/mol. The summed E-state index contributed by atoms with van der Waals surface area (Å²) in [6.07, 6.45) is 13.3. The molecular weight excluding hydrogens is 260 g/mol. The van der Waals surface area contributed by atoms with Crippen LogP contribution in [0.1, 0.15) is 51.0 Å². The van der Waals surface area contributed by atoms with Crippen LogP contribution < -0.4 is 5.32 Å². The number of aryl methyl sites for hydroxylation is 1. The maximum Gasteiger partial charge on any atom is 0.0522 e. The van der Waals surface area contributed by atoms with Gasteiger partial charge in [-0.2, -0.15) is 5.10 Å². The summed E-state index contributed by atoms with van der Waals surface area (Å²) in [4.78, 5) is 2.49. The normalized spacial score (nSPS) is 20.4. The van der Waals surface area contributed by atoms with Gasteiger partial charge in [-0.15, -0.1) is 0 Å². The van der Waals surface area contributed by atoms with Crippen molar-refractivity contribution >= 4 is 0 Å². The van der Waals surface area contributed by atoms with E-state index in [1.54, 1.807) is 0 Å². The number of likely N-dealkylation sites (N-methyl/N-ethyl adjacent to an activating group) is 2. The molecule has 0 aromatic carbocycles. The first kappa shape index (κ1) is 16.5. The molecule has 1 saturated carbocycles. The Bertz CT molecular complexity index is 416. The van der Waals surface area contributed by atoms with Gasteiger partial charge < -0.3 is 10.2 Å². The maximum absolute atomic E-state index is 4.34. The molecule has 1 N–H and O–H groups in total. The lowest BCUT2D eigenvalue weighted by Gasteiger charge is -2.46. The molecule has 120 valence electrons. The zero-order valence-corrected chi connectivity index (χ0v) is 14.2. The lowest BCUT2D eigenvalue weighted by Crippen LogP contribution is -2.59. The van der Waals surface area contributed by atoms with Gasteiger partial charge >= 0.3 is 0 Å². The highest BCUT2D eigenvalue weighted by molar-refractivity contribution is 5.11. The van der Waals surface area contributed by atoms with Crippen molar-refractivity contribution in [3.8, 4) is 0 Å². The van der Waals surface area contributed by atoms with Crippen molar-refractivity contribution in [2.75, 3.05) is 20.6 Å². The third kappa shape index (κ3) is 3.86. The highest BCUT2D eigenvalue weighted by Crippen LogP contribution is 2.35. The predicted octanol–water partition coefficient (Wildman–Crippen LogP) is 2.60. The van der Waals surface area contributed by atoms with Crippen molar-refractivity contribution in [3.05, 3.63) is 18.0 Å². The summed E-state index contributed by atoms with van der Waals surface area (Å²) in [6, 6.07) is 0.500. The Balaban J connectivity index is 2.22. The molecule has 0 radical (unpaired) electrons. The topological polar surface area (TPSA) is 33.1 Å². The molecule has 1 aliphatic rings. The molecule has 4 nitrogen and oxygen atoms in total. The Morgan fingerprint density at radius 1 is 1.29 bits per heavy atom. The zero-order valence-electron chi connectivity index (χ0n) is 14.2. The summed E-state index contributed by atoms with van der Waals surface area (Å²) in [7, 11) is 6.52. The van der Waals surface area contributed by atoms with Crippen LogP contribution in [0.2, 0.25) is 0 Å². The number of nitrogens with one attached hydrogen (secondary N) is 1. The molecule has 1 aliphatic carbocycles. The molecule has 1 atom stereocenters. The highest BCUT2D eigenvalue weighted by atomic mass is 15.2. The van der Waals surface area contributed by atoms with Crippen molar-refractivity contribution < 1.29 is 0 Å². The Morgan fingerprint density at radius 2 is 1.95 bits per heavy atom. The van der Waals surface area contributed by atoms with Crippen molar-refractivity contribution in [2.45, 2.75) is 63.5 Å². The van der Waals surface area contributed by atoms with Gasteiger partial charge in [0, 0.05) is 24.8 Å². The summed E-state index contributed by atoms with van der Waals surface area (Å²) in [5.74, 6) is 0. The van der Waals surface area contributed by atoms with E-state index >= 15 is 0 Å². The zero-order chi connectivity index (χ0) is 15.3. The van der Waals surface area contributed by atoms with Crippen molar-refractivity contribution in [1.29, 1.82) is 0 Å². The molecule has 2 rings (SSSR count). The fourth-order valence-corrected chi connectivity index (χ4v) is 3.96. The van der Waals surface area contributed by atoms with Crippen LogP contribution in [0.5, 0.6) is 0 Å². The van der Waals surface area contributed by atoms with E-state index in [9.17, 15) is 0 Å². The summed E-state index contributed by atoms with van der Waals surface area (Å²) in [5.41, 5.74) is 1.62. The van der Waals surface area contributed by atoms with E-state index in [4.69, 9.17) is 0 Å². The molecule has 21 heavy (non-hydrogen) atoms. The second-order valence-electron chi connectivity index (χ2n) is 6.75. The number of hydrogen-bond acceptors (Lipinski definition) is 3. The van der Waals surface area contributed by atoms with E-state index in [-0.39, 0.29) is 5.54 Å². The lowest BCUT2D eigenvalue weighted by atomic mass is 9.79. The standard InChI is InChI=1S/C17H32N4/c1-5-18-16(12-15-13-19-21(4)14-15)17(20(2)3)10-8-6-7-9-11-17/h13-14,16,18H,5-12H2,1-4H3. The Hall–Kier alpha value is -0.870. The third-order valence-corrected chi connectivity index (χ3v) is 5.16.